The zero-order valence-electron chi connectivity index (χ0n) is 13.9. The van der Waals surface area contributed by atoms with Crippen LogP contribution in [0.1, 0.15) is 10.4 Å². The number of benzene rings is 2. The monoisotopic (exact) mass is 448 g/mol. The van der Waals surface area contributed by atoms with Crippen LogP contribution >= 0.6 is 34.8 Å². The number of hydrogen-bond donors (Lipinski definition) is 1. The van der Waals surface area contributed by atoms with E-state index in [4.69, 9.17) is 34.8 Å². The zero-order chi connectivity index (χ0) is 19.8. The summed E-state index contributed by atoms with van der Waals surface area (Å²) in [6, 6.07) is 8.69. The van der Waals surface area contributed by atoms with Crippen molar-refractivity contribution in [2.45, 2.75) is 4.90 Å². The molecule has 1 aliphatic heterocycles. The van der Waals surface area contributed by atoms with Gasteiger partial charge in [0.1, 0.15) is 10.6 Å². The molecule has 144 valence electrons. The van der Waals surface area contributed by atoms with E-state index >= 15 is 0 Å². The molecule has 6 nitrogen and oxygen atoms in total. The fraction of sp³-hybridized carbons (Fsp3) is 0.235. The second-order valence-corrected chi connectivity index (χ2v) is 9.03. The molecular weight excluding hydrogens is 435 g/mol. The predicted molar refractivity (Wildman–Crippen MR) is 104 cm³/mol. The van der Waals surface area contributed by atoms with E-state index in [0.29, 0.717) is 5.02 Å². The van der Waals surface area contributed by atoms with E-state index in [2.05, 4.69) is 0 Å². The van der Waals surface area contributed by atoms with Crippen LogP contribution in [0.4, 0.5) is 0 Å². The van der Waals surface area contributed by atoms with Crippen molar-refractivity contribution < 1.29 is 18.3 Å². The first kappa shape index (κ1) is 20.2. The Morgan fingerprint density at radius 3 is 2.15 bits per heavy atom. The van der Waals surface area contributed by atoms with Gasteiger partial charge in [-0.05, 0) is 30.3 Å². The second-order valence-electron chi connectivity index (χ2n) is 5.91. The Kier molecular flexibility index (Phi) is 5.88. The number of carbonyl (C=O) groups is 1. The maximum absolute atomic E-state index is 12.9. The summed E-state index contributed by atoms with van der Waals surface area (Å²) in [5.74, 6) is -0.592. The van der Waals surface area contributed by atoms with Crippen LogP contribution in [-0.2, 0) is 10.0 Å². The van der Waals surface area contributed by atoms with Crippen molar-refractivity contribution in [3.05, 3.63) is 57.0 Å². The summed E-state index contributed by atoms with van der Waals surface area (Å²) in [4.78, 5) is 13.9. The average Bonchev–Trinajstić information content (AvgIpc) is 2.63. The van der Waals surface area contributed by atoms with Crippen LogP contribution in [0.3, 0.4) is 0 Å². The summed E-state index contributed by atoms with van der Waals surface area (Å²) in [6.45, 7) is 0.478. The third-order valence-corrected chi connectivity index (χ3v) is 7.32. The molecule has 10 heteroatoms. The van der Waals surface area contributed by atoms with E-state index in [-0.39, 0.29) is 52.4 Å². The van der Waals surface area contributed by atoms with Gasteiger partial charge in [-0.1, -0.05) is 40.9 Å². The third-order valence-electron chi connectivity index (χ3n) is 4.23. The Labute approximate surface area is 171 Å². The number of piperazine rings is 1. The summed E-state index contributed by atoms with van der Waals surface area (Å²) in [6.07, 6.45) is 0. The van der Waals surface area contributed by atoms with Crippen molar-refractivity contribution in [3.63, 3.8) is 0 Å². The average molecular weight is 450 g/mol. The van der Waals surface area contributed by atoms with E-state index in [1.807, 2.05) is 0 Å². The highest BCUT2D eigenvalue weighted by atomic mass is 35.5. The van der Waals surface area contributed by atoms with Crippen LogP contribution in [0.15, 0.2) is 41.3 Å². The maximum Gasteiger partial charge on any atom is 0.257 e. The van der Waals surface area contributed by atoms with Gasteiger partial charge in [-0.25, -0.2) is 8.42 Å². The minimum atomic E-state index is -3.89. The Bertz CT molecular complexity index is 969. The minimum Gasteiger partial charge on any atom is -0.507 e. The van der Waals surface area contributed by atoms with E-state index in [0.717, 1.165) is 0 Å². The van der Waals surface area contributed by atoms with Gasteiger partial charge in [-0.2, -0.15) is 4.31 Å². The summed E-state index contributed by atoms with van der Waals surface area (Å²) in [7, 11) is -3.89. The van der Waals surface area contributed by atoms with Crippen molar-refractivity contribution in [1.82, 2.24) is 9.21 Å². The molecule has 3 rings (SSSR count). The zero-order valence-corrected chi connectivity index (χ0v) is 17.0. The van der Waals surface area contributed by atoms with Gasteiger partial charge in [0.2, 0.25) is 10.0 Å². The highest BCUT2D eigenvalue weighted by Gasteiger charge is 2.33. The van der Waals surface area contributed by atoms with Crippen LogP contribution in [0, 0.1) is 0 Å². The molecule has 0 aliphatic carbocycles. The molecule has 1 fully saturated rings. The van der Waals surface area contributed by atoms with E-state index in [1.165, 1.54) is 39.5 Å². The number of sulfonamides is 1. The number of amides is 1. The number of carbonyl (C=O) groups excluding carboxylic acids is 1. The number of halogens is 3. The smallest absolute Gasteiger partial charge is 0.257 e. The van der Waals surface area contributed by atoms with Gasteiger partial charge in [-0.15, -0.1) is 0 Å². The number of nitrogens with zero attached hydrogens (tertiary/aromatic N) is 2. The number of aromatic hydroxyl groups is 1. The largest absolute Gasteiger partial charge is 0.507 e. The first-order valence-electron chi connectivity index (χ1n) is 7.94. The fourth-order valence-corrected chi connectivity index (χ4v) is 5.53. The van der Waals surface area contributed by atoms with Crippen molar-refractivity contribution in [2.24, 2.45) is 0 Å². The molecule has 0 spiro atoms. The number of phenolic OH excluding ortho intramolecular Hbond substituents is 1. The van der Waals surface area contributed by atoms with E-state index < -0.39 is 15.9 Å². The van der Waals surface area contributed by atoms with Gasteiger partial charge < -0.3 is 10.0 Å². The fourth-order valence-electron chi connectivity index (χ4n) is 2.84. The van der Waals surface area contributed by atoms with Crippen molar-refractivity contribution >= 4 is 50.7 Å². The minimum absolute atomic E-state index is 0.0462. The number of phenols is 1. The summed E-state index contributed by atoms with van der Waals surface area (Å²) in [5.41, 5.74) is 0.0768. The van der Waals surface area contributed by atoms with Crippen molar-refractivity contribution in [1.29, 1.82) is 0 Å². The van der Waals surface area contributed by atoms with E-state index in [1.54, 1.807) is 6.07 Å². The van der Waals surface area contributed by atoms with Crippen molar-refractivity contribution in [3.8, 4) is 5.75 Å². The van der Waals surface area contributed by atoms with Gasteiger partial charge in [0.15, 0.2) is 0 Å². The molecule has 1 heterocycles. The van der Waals surface area contributed by atoms with Gasteiger partial charge in [-0.3, -0.25) is 4.79 Å². The Hall–Kier alpha value is -1.51. The second kappa shape index (κ2) is 7.85. The molecule has 0 radical (unpaired) electrons. The molecule has 27 heavy (non-hydrogen) atoms. The highest BCUT2D eigenvalue weighted by molar-refractivity contribution is 7.89. The molecule has 1 amide bonds. The summed E-state index contributed by atoms with van der Waals surface area (Å²) < 4.78 is 27.0. The summed E-state index contributed by atoms with van der Waals surface area (Å²) in [5, 5.41) is 10.3. The first-order chi connectivity index (χ1) is 12.7. The molecule has 1 aliphatic rings. The molecule has 2 aromatic rings. The summed E-state index contributed by atoms with van der Waals surface area (Å²) >= 11 is 17.9. The van der Waals surface area contributed by atoms with Crippen molar-refractivity contribution in [2.75, 3.05) is 26.2 Å². The SMILES string of the molecule is O=C(c1cc(Cl)ccc1O)N1CCN(S(=O)(=O)c2c(Cl)cccc2Cl)CC1. The van der Waals surface area contributed by atoms with Gasteiger partial charge in [0.05, 0.1) is 15.6 Å². The number of rotatable bonds is 3. The molecule has 0 bridgehead atoms. The lowest BCUT2D eigenvalue weighted by Crippen LogP contribution is -2.50. The van der Waals surface area contributed by atoms with Crippen LogP contribution < -0.4 is 0 Å². The van der Waals surface area contributed by atoms with E-state index in [9.17, 15) is 18.3 Å². The molecule has 0 atom stereocenters. The Morgan fingerprint density at radius 1 is 0.963 bits per heavy atom. The maximum atomic E-state index is 12.9. The molecule has 1 saturated heterocycles. The normalized spacial score (nSPS) is 15.7. The lowest BCUT2D eigenvalue weighted by atomic mass is 10.1. The molecule has 2 aromatic carbocycles. The lowest BCUT2D eigenvalue weighted by Gasteiger charge is -2.34. The first-order valence-corrected chi connectivity index (χ1v) is 10.5. The quantitative estimate of drug-likeness (QED) is 0.778. The Morgan fingerprint density at radius 2 is 1.56 bits per heavy atom. The lowest BCUT2D eigenvalue weighted by molar-refractivity contribution is 0.0695. The predicted octanol–water partition coefficient (Wildman–Crippen LogP) is 3.50. The van der Waals surface area contributed by atoms with Crippen LogP contribution in [0.2, 0.25) is 15.1 Å². The molecule has 0 unspecified atom stereocenters. The van der Waals surface area contributed by atoms with Gasteiger partial charge >= 0.3 is 0 Å². The molecule has 1 N–H and O–H groups in total. The Balaban J connectivity index is 1.77. The molecule has 0 aromatic heterocycles. The topological polar surface area (TPSA) is 77.9 Å². The van der Waals surface area contributed by atoms with Crippen LogP contribution in [-0.4, -0.2) is 54.8 Å². The molecular formula is C17H15Cl3N2O4S. The third kappa shape index (κ3) is 4.02. The standard InChI is InChI=1S/C17H15Cl3N2O4S/c18-11-4-5-15(23)12(10-11)17(24)21-6-8-22(9-7-21)27(25,26)16-13(19)2-1-3-14(16)20/h1-5,10,23H,6-9H2. The van der Waals surface area contributed by atoms with Gasteiger partial charge in [0, 0.05) is 31.2 Å². The van der Waals surface area contributed by atoms with Gasteiger partial charge in [0.25, 0.3) is 5.91 Å². The number of hydrogen-bond acceptors (Lipinski definition) is 4. The van der Waals surface area contributed by atoms with Crippen LogP contribution in [0.5, 0.6) is 5.75 Å². The van der Waals surface area contributed by atoms with Crippen LogP contribution in [0.25, 0.3) is 0 Å². The molecule has 0 saturated carbocycles. The highest BCUT2D eigenvalue weighted by Crippen LogP contribution is 2.32.